The second-order valence-corrected chi connectivity index (χ2v) is 5.88. The molecule has 100 valence electrons. The first-order chi connectivity index (χ1) is 9.10. The van der Waals surface area contributed by atoms with Gasteiger partial charge in [-0.2, -0.15) is 0 Å². The first-order valence-corrected chi connectivity index (χ1v) is 7.19. The van der Waals surface area contributed by atoms with E-state index in [0.29, 0.717) is 10.9 Å². The Hall–Kier alpha value is -0.820. The Morgan fingerprint density at radius 3 is 2.68 bits per heavy atom. The molecule has 1 heterocycles. The van der Waals surface area contributed by atoms with E-state index >= 15 is 0 Å². The van der Waals surface area contributed by atoms with Crippen LogP contribution in [-0.4, -0.2) is 4.98 Å². The van der Waals surface area contributed by atoms with Crippen LogP contribution in [0.5, 0.6) is 0 Å². The normalized spacial score (nSPS) is 12.4. The molecule has 1 aromatic heterocycles. The Morgan fingerprint density at radius 2 is 2.05 bits per heavy atom. The standard InChI is InChI=1S/C13H12Br2FN3/c14-10-3-8(6-18-7-10)4-13(19-17)9-1-2-12(16)11(15)5-9/h1-3,5-7,13,19H,4,17H2. The molecular weight excluding hydrogens is 377 g/mol. The molecule has 0 radical (unpaired) electrons. The highest BCUT2D eigenvalue weighted by molar-refractivity contribution is 9.10. The Bertz CT molecular complexity index is 578. The Kier molecular flexibility index (Phi) is 5.04. The third kappa shape index (κ3) is 3.82. The van der Waals surface area contributed by atoms with Crippen LogP contribution in [-0.2, 0) is 6.42 Å². The third-order valence-electron chi connectivity index (χ3n) is 2.75. The quantitative estimate of drug-likeness (QED) is 0.622. The smallest absolute Gasteiger partial charge is 0.137 e. The van der Waals surface area contributed by atoms with Gasteiger partial charge in [0.15, 0.2) is 0 Å². The number of hydrazine groups is 1. The van der Waals surface area contributed by atoms with Crippen molar-refractivity contribution in [2.75, 3.05) is 0 Å². The zero-order valence-corrected chi connectivity index (χ0v) is 13.1. The van der Waals surface area contributed by atoms with Crippen molar-refractivity contribution in [1.82, 2.24) is 10.4 Å². The highest BCUT2D eigenvalue weighted by Crippen LogP contribution is 2.24. The lowest BCUT2D eigenvalue weighted by Gasteiger charge is -2.17. The van der Waals surface area contributed by atoms with Gasteiger partial charge in [-0.25, -0.2) is 4.39 Å². The molecule has 0 aliphatic rings. The number of halogens is 3. The van der Waals surface area contributed by atoms with Crippen LogP contribution < -0.4 is 11.3 Å². The van der Waals surface area contributed by atoms with E-state index < -0.39 is 0 Å². The molecule has 0 fully saturated rings. The number of rotatable bonds is 4. The molecule has 0 saturated carbocycles. The van der Waals surface area contributed by atoms with E-state index in [9.17, 15) is 4.39 Å². The number of hydrogen-bond acceptors (Lipinski definition) is 3. The molecule has 0 aliphatic heterocycles. The summed E-state index contributed by atoms with van der Waals surface area (Å²) in [5.41, 5.74) is 4.70. The molecular formula is C13H12Br2FN3. The van der Waals surface area contributed by atoms with Crippen LogP contribution in [0.3, 0.4) is 0 Å². The number of pyridine rings is 1. The summed E-state index contributed by atoms with van der Waals surface area (Å²) in [5.74, 6) is 5.30. The first kappa shape index (κ1) is 14.6. The van der Waals surface area contributed by atoms with Crippen LogP contribution in [0.2, 0.25) is 0 Å². The fraction of sp³-hybridized carbons (Fsp3) is 0.154. The van der Waals surface area contributed by atoms with Crippen molar-refractivity contribution in [3.63, 3.8) is 0 Å². The molecule has 1 atom stereocenters. The molecule has 2 rings (SSSR count). The molecule has 1 unspecified atom stereocenters. The van der Waals surface area contributed by atoms with E-state index in [1.807, 2.05) is 6.07 Å². The monoisotopic (exact) mass is 387 g/mol. The van der Waals surface area contributed by atoms with Crippen molar-refractivity contribution in [3.05, 3.63) is 62.5 Å². The summed E-state index contributed by atoms with van der Waals surface area (Å²) in [4.78, 5) is 4.11. The van der Waals surface area contributed by atoms with Crippen molar-refractivity contribution in [1.29, 1.82) is 0 Å². The van der Waals surface area contributed by atoms with E-state index in [-0.39, 0.29) is 11.9 Å². The van der Waals surface area contributed by atoms with Crippen molar-refractivity contribution in [2.45, 2.75) is 12.5 Å². The second-order valence-electron chi connectivity index (χ2n) is 4.11. The van der Waals surface area contributed by atoms with Crippen LogP contribution in [0.1, 0.15) is 17.2 Å². The first-order valence-electron chi connectivity index (χ1n) is 5.60. The number of nitrogens with two attached hydrogens (primary N) is 1. The maximum Gasteiger partial charge on any atom is 0.137 e. The van der Waals surface area contributed by atoms with Crippen molar-refractivity contribution in [3.8, 4) is 0 Å². The zero-order valence-electron chi connectivity index (χ0n) is 9.91. The van der Waals surface area contributed by atoms with E-state index in [1.54, 1.807) is 24.5 Å². The fourth-order valence-corrected chi connectivity index (χ4v) is 2.61. The fourth-order valence-electron chi connectivity index (χ4n) is 1.81. The van der Waals surface area contributed by atoms with Crippen molar-refractivity contribution < 1.29 is 4.39 Å². The molecule has 0 aliphatic carbocycles. The van der Waals surface area contributed by atoms with E-state index in [0.717, 1.165) is 15.6 Å². The van der Waals surface area contributed by atoms with Gasteiger partial charge >= 0.3 is 0 Å². The molecule has 0 bridgehead atoms. The lowest BCUT2D eigenvalue weighted by molar-refractivity contribution is 0.547. The minimum Gasteiger partial charge on any atom is -0.271 e. The van der Waals surface area contributed by atoms with Crippen LogP contribution in [0, 0.1) is 5.82 Å². The van der Waals surface area contributed by atoms with Gasteiger partial charge in [0, 0.05) is 16.9 Å². The maximum atomic E-state index is 13.2. The van der Waals surface area contributed by atoms with Crippen LogP contribution in [0.15, 0.2) is 45.6 Å². The highest BCUT2D eigenvalue weighted by Gasteiger charge is 2.12. The predicted octanol–water partition coefficient (Wildman–Crippen LogP) is 3.49. The maximum absolute atomic E-state index is 13.2. The zero-order chi connectivity index (χ0) is 13.8. The van der Waals surface area contributed by atoms with Gasteiger partial charge in [0.1, 0.15) is 5.82 Å². The largest absolute Gasteiger partial charge is 0.271 e. The van der Waals surface area contributed by atoms with E-state index in [2.05, 4.69) is 42.3 Å². The molecule has 19 heavy (non-hydrogen) atoms. The van der Waals surface area contributed by atoms with Crippen LogP contribution >= 0.6 is 31.9 Å². The average Bonchev–Trinajstić information content (AvgIpc) is 2.39. The Morgan fingerprint density at radius 1 is 1.26 bits per heavy atom. The second kappa shape index (κ2) is 6.56. The predicted molar refractivity (Wildman–Crippen MR) is 79.8 cm³/mol. The Labute approximate surface area is 127 Å². The minimum atomic E-state index is -0.288. The third-order valence-corrected chi connectivity index (χ3v) is 3.79. The minimum absolute atomic E-state index is 0.104. The highest BCUT2D eigenvalue weighted by atomic mass is 79.9. The molecule has 0 saturated heterocycles. The summed E-state index contributed by atoms with van der Waals surface area (Å²) in [6, 6.07) is 6.74. The molecule has 3 nitrogen and oxygen atoms in total. The molecule has 0 amide bonds. The summed E-state index contributed by atoms with van der Waals surface area (Å²) >= 11 is 6.56. The van der Waals surface area contributed by atoms with Gasteiger partial charge in [0.05, 0.1) is 10.5 Å². The van der Waals surface area contributed by atoms with Gasteiger partial charge in [-0.3, -0.25) is 16.3 Å². The summed E-state index contributed by atoms with van der Waals surface area (Å²) in [5, 5.41) is 0. The van der Waals surface area contributed by atoms with Gasteiger partial charge in [-0.05, 0) is 67.6 Å². The van der Waals surface area contributed by atoms with Gasteiger partial charge in [-0.1, -0.05) is 6.07 Å². The van der Waals surface area contributed by atoms with Crippen LogP contribution in [0.25, 0.3) is 0 Å². The number of nitrogens with one attached hydrogen (secondary N) is 1. The molecule has 0 spiro atoms. The van der Waals surface area contributed by atoms with Gasteiger partial charge < -0.3 is 0 Å². The van der Waals surface area contributed by atoms with Gasteiger partial charge in [0.2, 0.25) is 0 Å². The summed E-state index contributed by atoms with van der Waals surface area (Å²) in [6.45, 7) is 0. The lowest BCUT2D eigenvalue weighted by Crippen LogP contribution is -2.29. The SMILES string of the molecule is NNC(Cc1cncc(Br)c1)c1ccc(F)c(Br)c1. The molecule has 6 heteroatoms. The number of benzene rings is 1. The molecule has 2 aromatic rings. The summed E-state index contributed by atoms with van der Waals surface area (Å²) < 4.78 is 14.6. The van der Waals surface area contributed by atoms with Crippen molar-refractivity contribution in [2.24, 2.45) is 5.84 Å². The molecule has 3 N–H and O–H groups in total. The molecule has 1 aromatic carbocycles. The number of aromatic nitrogens is 1. The lowest BCUT2D eigenvalue weighted by atomic mass is 10.0. The number of nitrogens with zero attached hydrogens (tertiary/aromatic N) is 1. The topological polar surface area (TPSA) is 50.9 Å². The van der Waals surface area contributed by atoms with E-state index in [1.165, 1.54) is 6.07 Å². The summed E-state index contributed by atoms with van der Waals surface area (Å²) in [6.07, 6.45) is 4.18. The Balaban J connectivity index is 2.22. The van der Waals surface area contributed by atoms with Gasteiger partial charge in [-0.15, -0.1) is 0 Å². The number of hydrogen-bond donors (Lipinski definition) is 2. The average molecular weight is 389 g/mol. The summed E-state index contributed by atoms with van der Waals surface area (Å²) in [7, 11) is 0. The van der Waals surface area contributed by atoms with Gasteiger partial charge in [0.25, 0.3) is 0 Å². The van der Waals surface area contributed by atoms with E-state index in [4.69, 9.17) is 5.84 Å². The van der Waals surface area contributed by atoms with Crippen molar-refractivity contribution >= 4 is 31.9 Å². The van der Waals surface area contributed by atoms with Crippen LogP contribution in [0.4, 0.5) is 4.39 Å².